The SMILES string of the molecule is O=C(Oc1ccc([N+](=O)[O-])cc1/C=N/NC(=O)c1ccco1)c1ccccc1. The van der Waals surface area contributed by atoms with Gasteiger partial charge in [-0.25, -0.2) is 10.2 Å². The van der Waals surface area contributed by atoms with E-state index in [0.29, 0.717) is 5.56 Å². The van der Waals surface area contributed by atoms with E-state index in [1.807, 2.05) is 0 Å². The van der Waals surface area contributed by atoms with E-state index >= 15 is 0 Å². The lowest BCUT2D eigenvalue weighted by Gasteiger charge is -2.07. The van der Waals surface area contributed by atoms with Crippen LogP contribution in [0.5, 0.6) is 5.75 Å². The summed E-state index contributed by atoms with van der Waals surface area (Å²) in [5, 5.41) is 14.8. The molecule has 0 atom stereocenters. The molecule has 0 spiro atoms. The Kier molecular flexibility index (Phi) is 5.56. The zero-order chi connectivity index (χ0) is 19.9. The van der Waals surface area contributed by atoms with Crippen molar-refractivity contribution in [2.75, 3.05) is 0 Å². The van der Waals surface area contributed by atoms with Crippen LogP contribution in [0.4, 0.5) is 5.69 Å². The molecule has 0 aliphatic heterocycles. The third-order valence-electron chi connectivity index (χ3n) is 3.53. The van der Waals surface area contributed by atoms with Gasteiger partial charge in [0.05, 0.1) is 23.0 Å². The lowest BCUT2D eigenvalue weighted by molar-refractivity contribution is -0.384. The molecule has 0 unspecified atom stereocenters. The van der Waals surface area contributed by atoms with Gasteiger partial charge in [-0.2, -0.15) is 5.10 Å². The van der Waals surface area contributed by atoms with Gasteiger partial charge in [0.1, 0.15) is 5.75 Å². The Balaban J connectivity index is 1.81. The van der Waals surface area contributed by atoms with Crippen molar-refractivity contribution >= 4 is 23.8 Å². The Hall–Kier alpha value is -4.27. The normalized spacial score (nSPS) is 10.6. The number of benzene rings is 2. The molecule has 0 aliphatic rings. The Morgan fingerprint density at radius 1 is 1.11 bits per heavy atom. The summed E-state index contributed by atoms with van der Waals surface area (Å²) < 4.78 is 10.2. The molecule has 9 nitrogen and oxygen atoms in total. The molecule has 0 saturated heterocycles. The number of hydrogen-bond acceptors (Lipinski definition) is 7. The number of nitrogens with one attached hydrogen (secondary N) is 1. The second-order valence-corrected chi connectivity index (χ2v) is 5.41. The van der Waals surface area contributed by atoms with Gasteiger partial charge < -0.3 is 9.15 Å². The molecule has 0 aliphatic carbocycles. The topological polar surface area (TPSA) is 124 Å². The number of hydrazone groups is 1. The second kappa shape index (κ2) is 8.41. The number of amides is 1. The summed E-state index contributed by atoms with van der Waals surface area (Å²) in [6, 6.07) is 14.9. The van der Waals surface area contributed by atoms with E-state index in [0.717, 1.165) is 6.21 Å². The van der Waals surface area contributed by atoms with Crippen molar-refractivity contribution in [1.82, 2.24) is 5.43 Å². The summed E-state index contributed by atoms with van der Waals surface area (Å²) in [6.45, 7) is 0. The minimum atomic E-state index is -0.635. The summed E-state index contributed by atoms with van der Waals surface area (Å²) in [5.41, 5.74) is 2.45. The van der Waals surface area contributed by atoms with Crippen molar-refractivity contribution in [1.29, 1.82) is 0 Å². The van der Waals surface area contributed by atoms with E-state index in [9.17, 15) is 19.7 Å². The first-order valence-electron chi connectivity index (χ1n) is 7.97. The predicted octanol–water partition coefficient (Wildman–Crippen LogP) is 3.17. The number of nitro benzene ring substituents is 1. The van der Waals surface area contributed by atoms with Gasteiger partial charge in [0, 0.05) is 17.7 Å². The number of nitrogens with zero attached hydrogens (tertiary/aromatic N) is 2. The molecule has 1 N–H and O–H groups in total. The molecule has 0 bridgehead atoms. The molecule has 1 aromatic heterocycles. The first-order chi connectivity index (χ1) is 13.5. The van der Waals surface area contributed by atoms with Crippen molar-refractivity contribution in [2.45, 2.75) is 0 Å². The monoisotopic (exact) mass is 379 g/mol. The van der Waals surface area contributed by atoms with Crippen LogP contribution in [0.3, 0.4) is 0 Å². The number of nitro groups is 1. The van der Waals surface area contributed by atoms with Crippen molar-refractivity contribution in [3.05, 3.63) is 93.9 Å². The molecule has 1 amide bonds. The number of ether oxygens (including phenoxy) is 1. The highest BCUT2D eigenvalue weighted by atomic mass is 16.6. The zero-order valence-corrected chi connectivity index (χ0v) is 14.3. The Morgan fingerprint density at radius 3 is 2.57 bits per heavy atom. The molecule has 9 heteroatoms. The van der Waals surface area contributed by atoms with Crippen LogP contribution in [-0.4, -0.2) is 23.0 Å². The maximum absolute atomic E-state index is 12.2. The summed E-state index contributed by atoms with van der Waals surface area (Å²) in [7, 11) is 0. The van der Waals surface area contributed by atoms with E-state index in [-0.39, 0.29) is 22.8 Å². The maximum Gasteiger partial charge on any atom is 0.343 e. The van der Waals surface area contributed by atoms with Crippen molar-refractivity contribution in [2.24, 2.45) is 5.10 Å². The minimum absolute atomic E-state index is 0.0481. The molecule has 2 aromatic carbocycles. The highest BCUT2D eigenvalue weighted by molar-refractivity contribution is 5.94. The second-order valence-electron chi connectivity index (χ2n) is 5.41. The Bertz CT molecular complexity index is 1030. The van der Waals surface area contributed by atoms with Crippen LogP contribution in [0.25, 0.3) is 0 Å². The highest BCUT2D eigenvalue weighted by Gasteiger charge is 2.15. The number of esters is 1. The first kappa shape index (κ1) is 18.5. The van der Waals surface area contributed by atoms with Crippen molar-refractivity contribution < 1.29 is 23.7 Å². The van der Waals surface area contributed by atoms with Crippen LogP contribution in [0.1, 0.15) is 26.5 Å². The van der Waals surface area contributed by atoms with E-state index in [1.165, 1.54) is 30.5 Å². The number of furan rings is 1. The first-order valence-corrected chi connectivity index (χ1v) is 7.97. The number of rotatable bonds is 6. The molecular formula is C19H13N3O6. The fourth-order valence-electron chi connectivity index (χ4n) is 2.20. The molecule has 3 rings (SSSR count). The lowest BCUT2D eigenvalue weighted by Crippen LogP contribution is -2.17. The molecule has 3 aromatic rings. The average molecular weight is 379 g/mol. The van der Waals surface area contributed by atoms with Gasteiger partial charge in [0.2, 0.25) is 0 Å². The van der Waals surface area contributed by atoms with Crippen LogP contribution in [-0.2, 0) is 0 Å². The molecule has 0 saturated carbocycles. The smallest absolute Gasteiger partial charge is 0.343 e. The van der Waals surface area contributed by atoms with Gasteiger partial charge in [0.25, 0.3) is 5.69 Å². The summed E-state index contributed by atoms with van der Waals surface area (Å²) >= 11 is 0. The highest BCUT2D eigenvalue weighted by Crippen LogP contribution is 2.24. The number of non-ortho nitro benzene ring substituents is 1. The summed E-state index contributed by atoms with van der Waals surface area (Å²) in [4.78, 5) is 34.5. The van der Waals surface area contributed by atoms with Crippen LogP contribution in [0.2, 0.25) is 0 Å². The third kappa shape index (κ3) is 4.47. The lowest BCUT2D eigenvalue weighted by atomic mass is 10.2. The van der Waals surface area contributed by atoms with E-state index in [4.69, 9.17) is 9.15 Å². The number of carbonyl (C=O) groups is 2. The van der Waals surface area contributed by atoms with Gasteiger partial charge >= 0.3 is 11.9 Å². The van der Waals surface area contributed by atoms with Crippen molar-refractivity contribution in [3.8, 4) is 5.75 Å². The fourth-order valence-corrected chi connectivity index (χ4v) is 2.20. The molecular weight excluding hydrogens is 366 g/mol. The Labute approximate surface area is 158 Å². The standard InChI is InChI=1S/C19H13N3O6/c23-18(17-7-4-10-27-17)21-20-12-14-11-15(22(25)26)8-9-16(14)28-19(24)13-5-2-1-3-6-13/h1-12H,(H,21,23)/b20-12+. The van der Waals surface area contributed by atoms with Crippen molar-refractivity contribution in [3.63, 3.8) is 0 Å². The third-order valence-corrected chi connectivity index (χ3v) is 3.53. The van der Waals surface area contributed by atoms with Gasteiger partial charge in [-0.05, 0) is 30.3 Å². The van der Waals surface area contributed by atoms with Crippen LogP contribution < -0.4 is 10.2 Å². The van der Waals surface area contributed by atoms with Gasteiger partial charge in [-0.15, -0.1) is 0 Å². The average Bonchev–Trinajstić information content (AvgIpc) is 3.24. The molecule has 1 heterocycles. The maximum atomic E-state index is 12.2. The minimum Gasteiger partial charge on any atom is -0.459 e. The zero-order valence-electron chi connectivity index (χ0n) is 14.3. The van der Waals surface area contributed by atoms with Gasteiger partial charge in [-0.3, -0.25) is 14.9 Å². The van der Waals surface area contributed by atoms with Crippen LogP contribution in [0, 0.1) is 10.1 Å². The number of carbonyl (C=O) groups excluding carboxylic acids is 2. The fraction of sp³-hybridized carbons (Fsp3) is 0. The molecule has 28 heavy (non-hydrogen) atoms. The largest absolute Gasteiger partial charge is 0.459 e. The number of hydrogen-bond donors (Lipinski definition) is 1. The van der Waals surface area contributed by atoms with Crippen LogP contribution >= 0.6 is 0 Å². The van der Waals surface area contributed by atoms with Crippen LogP contribution in [0.15, 0.2) is 76.4 Å². The summed E-state index contributed by atoms with van der Waals surface area (Å²) in [6.07, 6.45) is 2.47. The Morgan fingerprint density at radius 2 is 1.89 bits per heavy atom. The molecule has 0 radical (unpaired) electrons. The van der Waals surface area contributed by atoms with Gasteiger partial charge in [-0.1, -0.05) is 18.2 Å². The predicted molar refractivity (Wildman–Crippen MR) is 98.3 cm³/mol. The summed E-state index contributed by atoms with van der Waals surface area (Å²) in [5.74, 6) is -1.14. The molecule has 140 valence electrons. The van der Waals surface area contributed by atoms with E-state index < -0.39 is 16.8 Å². The quantitative estimate of drug-likeness (QED) is 0.231. The van der Waals surface area contributed by atoms with E-state index in [2.05, 4.69) is 10.5 Å². The molecule has 0 fully saturated rings. The van der Waals surface area contributed by atoms with E-state index in [1.54, 1.807) is 36.4 Å². The van der Waals surface area contributed by atoms with Gasteiger partial charge in [0.15, 0.2) is 5.76 Å².